The molecule has 1 rings (SSSR count). The number of hydrogen-bond donors (Lipinski definition) is 2. The van der Waals surface area contributed by atoms with E-state index in [0.29, 0.717) is 6.42 Å². The van der Waals surface area contributed by atoms with Gasteiger partial charge in [-0.2, -0.15) is 0 Å². The third-order valence-corrected chi connectivity index (χ3v) is 2.27. The Kier molecular flexibility index (Phi) is 5.29. The van der Waals surface area contributed by atoms with Gasteiger partial charge in [-0.1, -0.05) is 6.92 Å². The molecule has 2 N–H and O–H groups in total. The Morgan fingerprint density at radius 3 is 2.38 bits per heavy atom. The van der Waals surface area contributed by atoms with Crippen LogP contribution in [0.25, 0.3) is 0 Å². The zero-order valence-electron chi connectivity index (χ0n) is 8.05. The Morgan fingerprint density at radius 1 is 1.46 bits per heavy atom. The van der Waals surface area contributed by atoms with Crippen LogP contribution < -0.4 is 10.6 Å². The van der Waals surface area contributed by atoms with E-state index in [2.05, 4.69) is 10.6 Å². The van der Waals surface area contributed by atoms with Gasteiger partial charge in [0.25, 0.3) is 0 Å². The molecule has 0 aromatic heterocycles. The Morgan fingerprint density at radius 2 is 2.00 bits per heavy atom. The zero-order chi connectivity index (χ0) is 9.03. The number of carbonyl (C=O) groups excluding carboxylic acids is 1. The topological polar surface area (TPSA) is 50.4 Å². The Balaban J connectivity index is 0.00000144. The van der Waals surface area contributed by atoms with Crippen LogP contribution in [0, 0.1) is 0 Å². The van der Waals surface area contributed by atoms with E-state index in [0.717, 1.165) is 19.5 Å². The largest absolute Gasteiger partial charge is 0.467 e. The first-order valence-corrected chi connectivity index (χ1v) is 4.33. The first-order chi connectivity index (χ1) is 5.75. The molecular weight excluding hydrogens is 192 g/mol. The number of methoxy groups -OCH3 is 1. The molecule has 0 unspecified atom stereocenters. The molecule has 0 saturated carbocycles. The molecule has 0 aromatic rings. The van der Waals surface area contributed by atoms with Gasteiger partial charge in [0.05, 0.1) is 7.11 Å². The minimum absolute atomic E-state index is 0. The molecule has 1 fully saturated rings. The maximum Gasteiger partial charge on any atom is 0.341 e. The fourth-order valence-electron chi connectivity index (χ4n) is 1.47. The molecule has 0 spiro atoms. The number of ether oxygens (including phenoxy) is 1. The smallest absolute Gasteiger partial charge is 0.341 e. The molecule has 1 saturated heterocycles. The van der Waals surface area contributed by atoms with Gasteiger partial charge in [-0.3, -0.25) is 10.6 Å². The predicted octanol–water partition coefficient (Wildman–Crippen LogP) is 0.270. The van der Waals surface area contributed by atoms with Crippen molar-refractivity contribution in [3.63, 3.8) is 0 Å². The summed E-state index contributed by atoms with van der Waals surface area (Å²) in [7, 11) is 1.41. The maximum atomic E-state index is 11.4. The number of hydrogen-bond acceptors (Lipinski definition) is 4. The van der Waals surface area contributed by atoms with Crippen LogP contribution in [0.2, 0.25) is 0 Å². The molecule has 5 heteroatoms. The summed E-state index contributed by atoms with van der Waals surface area (Å²) in [6.07, 6.45) is 1.76. The normalized spacial score (nSPS) is 20.2. The summed E-state index contributed by atoms with van der Waals surface area (Å²) < 4.78 is 4.72. The van der Waals surface area contributed by atoms with Crippen LogP contribution in [0.15, 0.2) is 0 Å². The Hall–Kier alpha value is -0.320. The number of nitrogens with one attached hydrogen (secondary N) is 2. The zero-order valence-corrected chi connectivity index (χ0v) is 8.87. The molecular formula is C8H17ClN2O2. The fourth-order valence-corrected chi connectivity index (χ4v) is 1.47. The third kappa shape index (κ3) is 2.56. The highest BCUT2D eigenvalue weighted by Gasteiger charge is 2.38. The van der Waals surface area contributed by atoms with E-state index in [-0.39, 0.29) is 18.4 Å². The SMILES string of the molecule is CCC1(C(=O)OC)NCCCN1.Cl. The second-order valence-corrected chi connectivity index (χ2v) is 2.96. The molecule has 0 amide bonds. The number of carbonyl (C=O) groups is 1. The van der Waals surface area contributed by atoms with Gasteiger partial charge in [0.2, 0.25) is 0 Å². The summed E-state index contributed by atoms with van der Waals surface area (Å²) in [6, 6.07) is 0. The van der Waals surface area contributed by atoms with E-state index in [1.165, 1.54) is 7.11 Å². The molecule has 4 nitrogen and oxygen atoms in total. The highest BCUT2D eigenvalue weighted by molar-refractivity contribution is 5.85. The predicted molar refractivity (Wildman–Crippen MR) is 52.9 cm³/mol. The van der Waals surface area contributed by atoms with Gasteiger partial charge in [0.15, 0.2) is 5.66 Å². The van der Waals surface area contributed by atoms with Crippen molar-refractivity contribution in [2.24, 2.45) is 0 Å². The van der Waals surface area contributed by atoms with Crippen molar-refractivity contribution in [1.82, 2.24) is 10.6 Å². The lowest BCUT2D eigenvalue weighted by Gasteiger charge is -2.35. The van der Waals surface area contributed by atoms with E-state index >= 15 is 0 Å². The van der Waals surface area contributed by atoms with Gasteiger partial charge in [0.1, 0.15) is 0 Å². The molecule has 1 heterocycles. The van der Waals surface area contributed by atoms with Crippen LogP contribution in [0.3, 0.4) is 0 Å². The minimum atomic E-state index is -0.632. The van der Waals surface area contributed by atoms with Gasteiger partial charge in [0, 0.05) is 0 Å². The van der Waals surface area contributed by atoms with Gasteiger partial charge >= 0.3 is 5.97 Å². The van der Waals surface area contributed by atoms with E-state index in [1.807, 2.05) is 6.92 Å². The highest BCUT2D eigenvalue weighted by Crippen LogP contribution is 2.11. The van der Waals surface area contributed by atoms with Crippen LogP contribution in [-0.2, 0) is 9.53 Å². The van der Waals surface area contributed by atoms with E-state index in [1.54, 1.807) is 0 Å². The maximum absolute atomic E-state index is 11.4. The van der Waals surface area contributed by atoms with Crippen molar-refractivity contribution in [3.8, 4) is 0 Å². The van der Waals surface area contributed by atoms with Crippen molar-refractivity contribution < 1.29 is 9.53 Å². The van der Waals surface area contributed by atoms with Crippen LogP contribution in [-0.4, -0.2) is 31.8 Å². The number of rotatable bonds is 2. The van der Waals surface area contributed by atoms with Crippen LogP contribution in [0.4, 0.5) is 0 Å². The summed E-state index contributed by atoms with van der Waals surface area (Å²) >= 11 is 0. The van der Waals surface area contributed by atoms with Crippen molar-refractivity contribution in [2.45, 2.75) is 25.4 Å². The van der Waals surface area contributed by atoms with E-state index in [9.17, 15) is 4.79 Å². The summed E-state index contributed by atoms with van der Waals surface area (Å²) in [5.74, 6) is -0.218. The first-order valence-electron chi connectivity index (χ1n) is 4.33. The number of halogens is 1. The van der Waals surface area contributed by atoms with E-state index in [4.69, 9.17) is 4.74 Å². The number of esters is 1. The lowest BCUT2D eigenvalue weighted by molar-refractivity contribution is -0.151. The Labute approximate surface area is 84.8 Å². The summed E-state index contributed by atoms with van der Waals surface area (Å²) in [5, 5.41) is 6.29. The van der Waals surface area contributed by atoms with Crippen molar-refractivity contribution >= 4 is 18.4 Å². The van der Waals surface area contributed by atoms with Crippen molar-refractivity contribution in [3.05, 3.63) is 0 Å². The van der Waals surface area contributed by atoms with Gasteiger partial charge in [-0.25, -0.2) is 4.79 Å². The third-order valence-electron chi connectivity index (χ3n) is 2.27. The average molecular weight is 209 g/mol. The molecule has 0 atom stereocenters. The quantitative estimate of drug-likeness (QED) is 0.640. The van der Waals surface area contributed by atoms with Gasteiger partial charge < -0.3 is 4.74 Å². The lowest BCUT2D eigenvalue weighted by atomic mass is 10.0. The summed E-state index contributed by atoms with van der Waals surface area (Å²) in [5.41, 5.74) is -0.632. The van der Waals surface area contributed by atoms with Crippen LogP contribution in [0.1, 0.15) is 19.8 Å². The van der Waals surface area contributed by atoms with E-state index < -0.39 is 5.66 Å². The lowest BCUT2D eigenvalue weighted by Crippen LogP contribution is -2.65. The Bertz CT molecular complexity index is 170. The molecule has 1 aliphatic heterocycles. The molecule has 78 valence electrons. The first kappa shape index (κ1) is 12.7. The second kappa shape index (κ2) is 5.42. The monoisotopic (exact) mass is 208 g/mol. The van der Waals surface area contributed by atoms with Gasteiger partial charge in [-0.15, -0.1) is 12.4 Å². The van der Waals surface area contributed by atoms with Crippen molar-refractivity contribution in [2.75, 3.05) is 20.2 Å². The molecule has 1 aliphatic rings. The van der Waals surface area contributed by atoms with Crippen LogP contribution >= 0.6 is 12.4 Å². The molecule has 0 aliphatic carbocycles. The highest BCUT2D eigenvalue weighted by atomic mass is 35.5. The molecule has 0 bridgehead atoms. The minimum Gasteiger partial charge on any atom is -0.467 e. The average Bonchev–Trinajstić information content (AvgIpc) is 2.17. The molecule has 0 aromatic carbocycles. The second-order valence-electron chi connectivity index (χ2n) is 2.96. The van der Waals surface area contributed by atoms with Crippen LogP contribution in [0.5, 0.6) is 0 Å². The van der Waals surface area contributed by atoms with Gasteiger partial charge in [-0.05, 0) is 25.9 Å². The van der Waals surface area contributed by atoms with Crippen molar-refractivity contribution in [1.29, 1.82) is 0 Å². The summed E-state index contributed by atoms with van der Waals surface area (Å²) in [4.78, 5) is 11.4. The summed E-state index contributed by atoms with van der Waals surface area (Å²) in [6.45, 7) is 3.70. The standard InChI is InChI=1S/C8H16N2O2.ClH/c1-3-8(7(11)12-2)9-5-4-6-10-8;/h9-10H,3-6H2,1-2H3;1H. The molecule has 13 heavy (non-hydrogen) atoms. The molecule has 0 radical (unpaired) electrons. The fraction of sp³-hybridized carbons (Fsp3) is 0.875.